The molecule has 2 rings (SSSR count). The van der Waals surface area contributed by atoms with E-state index in [2.05, 4.69) is 10.1 Å². The van der Waals surface area contributed by atoms with E-state index in [1.54, 1.807) is 0 Å². The first-order chi connectivity index (χ1) is 6.90. The van der Waals surface area contributed by atoms with Crippen LogP contribution in [0.5, 0.6) is 0 Å². The van der Waals surface area contributed by atoms with Crippen molar-refractivity contribution < 1.29 is 9.63 Å². The lowest BCUT2D eigenvalue weighted by Gasteiger charge is -2.17. The summed E-state index contributed by atoms with van der Waals surface area (Å²) in [5.74, 6) is 4.17. The molecule has 2 heterocycles. The molecule has 14 heavy (non-hydrogen) atoms. The molecule has 1 atom stereocenters. The van der Waals surface area contributed by atoms with E-state index in [1.807, 2.05) is 11.8 Å². The van der Waals surface area contributed by atoms with Gasteiger partial charge in [0.25, 0.3) is 0 Å². The molecule has 0 aromatic carbocycles. The van der Waals surface area contributed by atoms with Crippen molar-refractivity contribution in [3.8, 4) is 0 Å². The second-order valence-corrected chi connectivity index (χ2v) is 4.58. The lowest BCUT2D eigenvalue weighted by molar-refractivity contribution is 0.273. The number of rotatable bonds is 3. The summed E-state index contributed by atoms with van der Waals surface area (Å²) in [5.41, 5.74) is 0. The van der Waals surface area contributed by atoms with E-state index in [0.717, 1.165) is 18.0 Å². The molecular formula is C9H14N2O2S. The van der Waals surface area contributed by atoms with E-state index < -0.39 is 0 Å². The van der Waals surface area contributed by atoms with Gasteiger partial charge in [-0.1, -0.05) is 5.16 Å². The Morgan fingerprint density at radius 1 is 1.57 bits per heavy atom. The first kappa shape index (κ1) is 9.98. The van der Waals surface area contributed by atoms with Crippen LogP contribution in [0.15, 0.2) is 4.52 Å². The van der Waals surface area contributed by atoms with Crippen LogP contribution in [0.3, 0.4) is 0 Å². The highest BCUT2D eigenvalue weighted by molar-refractivity contribution is 7.99. The third kappa shape index (κ3) is 2.27. The van der Waals surface area contributed by atoms with Gasteiger partial charge in [-0.15, -0.1) is 0 Å². The summed E-state index contributed by atoms with van der Waals surface area (Å²) >= 11 is 1.95. The van der Waals surface area contributed by atoms with Crippen molar-refractivity contribution in [1.29, 1.82) is 0 Å². The number of thioether (sulfide) groups is 1. The molecule has 0 aliphatic carbocycles. The molecule has 1 aromatic heterocycles. The van der Waals surface area contributed by atoms with E-state index in [9.17, 15) is 0 Å². The quantitative estimate of drug-likeness (QED) is 0.819. The third-order valence-electron chi connectivity index (χ3n) is 2.33. The fourth-order valence-corrected chi connectivity index (χ4v) is 2.71. The van der Waals surface area contributed by atoms with Gasteiger partial charge in [0.15, 0.2) is 5.82 Å². The Bertz CT molecular complexity index is 284. The van der Waals surface area contributed by atoms with Crippen molar-refractivity contribution in [3.05, 3.63) is 11.7 Å². The smallest absolute Gasteiger partial charge is 0.228 e. The van der Waals surface area contributed by atoms with Gasteiger partial charge in [0, 0.05) is 11.7 Å². The molecular weight excluding hydrogens is 200 g/mol. The molecule has 1 unspecified atom stereocenters. The number of aliphatic hydroxyl groups excluding tert-OH is 1. The lowest BCUT2D eigenvalue weighted by atomic mass is 10.1. The summed E-state index contributed by atoms with van der Waals surface area (Å²) in [6.07, 6.45) is 2.86. The van der Waals surface area contributed by atoms with Crippen LogP contribution in [0.25, 0.3) is 0 Å². The van der Waals surface area contributed by atoms with Crippen molar-refractivity contribution in [2.24, 2.45) is 0 Å². The molecule has 0 spiro atoms. The highest BCUT2D eigenvalue weighted by Gasteiger charge is 2.20. The number of hydrogen-bond acceptors (Lipinski definition) is 5. The van der Waals surface area contributed by atoms with Crippen molar-refractivity contribution in [2.45, 2.75) is 25.2 Å². The summed E-state index contributed by atoms with van der Waals surface area (Å²) in [4.78, 5) is 4.27. The predicted molar refractivity (Wildman–Crippen MR) is 54.4 cm³/mol. The maximum absolute atomic E-state index is 8.71. The zero-order valence-electron chi connectivity index (χ0n) is 7.98. The monoisotopic (exact) mass is 214 g/mol. The Morgan fingerprint density at radius 3 is 3.21 bits per heavy atom. The molecule has 0 amide bonds. The van der Waals surface area contributed by atoms with Crippen LogP contribution >= 0.6 is 11.8 Å². The summed E-state index contributed by atoms with van der Waals surface area (Å²) in [6, 6.07) is 0. The van der Waals surface area contributed by atoms with Crippen LogP contribution in [-0.4, -0.2) is 33.4 Å². The summed E-state index contributed by atoms with van der Waals surface area (Å²) in [7, 11) is 0. The molecule has 0 bridgehead atoms. The fraction of sp³-hybridized carbons (Fsp3) is 0.778. The SMILES string of the molecule is OCCc1nc(C2CCCSC2)no1. The summed E-state index contributed by atoms with van der Waals surface area (Å²) < 4.78 is 5.03. The maximum atomic E-state index is 8.71. The molecule has 1 aliphatic heterocycles. The second-order valence-electron chi connectivity index (χ2n) is 3.43. The Morgan fingerprint density at radius 2 is 2.50 bits per heavy atom. The fourth-order valence-electron chi connectivity index (χ4n) is 1.58. The number of nitrogens with zero attached hydrogens (tertiary/aromatic N) is 2. The minimum atomic E-state index is 0.0705. The number of aliphatic hydroxyl groups is 1. The third-order valence-corrected chi connectivity index (χ3v) is 3.55. The summed E-state index contributed by atoms with van der Waals surface area (Å²) in [6.45, 7) is 0.0705. The normalized spacial score (nSPS) is 22.5. The van der Waals surface area contributed by atoms with Gasteiger partial charge in [0.05, 0.1) is 13.0 Å². The average Bonchev–Trinajstić information content (AvgIpc) is 2.68. The molecule has 1 fully saturated rings. The average molecular weight is 214 g/mol. The molecule has 1 aromatic rings. The van der Waals surface area contributed by atoms with Gasteiger partial charge >= 0.3 is 0 Å². The highest BCUT2D eigenvalue weighted by atomic mass is 32.2. The zero-order valence-corrected chi connectivity index (χ0v) is 8.79. The second kappa shape index (κ2) is 4.79. The van der Waals surface area contributed by atoms with E-state index in [4.69, 9.17) is 9.63 Å². The Balaban J connectivity index is 2.00. The van der Waals surface area contributed by atoms with Crippen LogP contribution < -0.4 is 0 Å². The van der Waals surface area contributed by atoms with Gasteiger partial charge in [-0.3, -0.25) is 0 Å². The predicted octanol–water partition coefficient (Wildman–Crippen LogP) is 1.22. The molecule has 78 valence electrons. The van der Waals surface area contributed by atoms with E-state index in [0.29, 0.717) is 18.2 Å². The zero-order chi connectivity index (χ0) is 9.80. The molecule has 0 saturated carbocycles. The first-order valence-corrected chi connectivity index (χ1v) is 6.06. The molecule has 1 saturated heterocycles. The Labute approximate surface area is 87.1 Å². The minimum absolute atomic E-state index is 0.0705. The van der Waals surface area contributed by atoms with E-state index in [1.165, 1.54) is 12.2 Å². The number of hydrogen-bond donors (Lipinski definition) is 1. The summed E-state index contributed by atoms with van der Waals surface area (Å²) in [5, 5.41) is 12.7. The Kier molecular flexibility index (Phi) is 3.42. The van der Waals surface area contributed by atoms with Crippen molar-refractivity contribution in [1.82, 2.24) is 10.1 Å². The number of aromatic nitrogens is 2. The molecule has 5 heteroatoms. The van der Waals surface area contributed by atoms with Gasteiger partial charge in [0.1, 0.15) is 0 Å². The van der Waals surface area contributed by atoms with Crippen molar-refractivity contribution in [3.63, 3.8) is 0 Å². The largest absolute Gasteiger partial charge is 0.396 e. The van der Waals surface area contributed by atoms with Crippen LogP contribution in [-0.2, 0) is 6.42 Å². The van der Waals surface area contributed by atoms with Gasteiger partial charge < -0.3 is 9.63 Å². The maximum Gasteiger partial charge on any atom is 0.228 e. The van der Waals surface area contributed by atoms with E-state index in [-0.39, 0.29) is 6.61 Å². The van der Waals surface area contributed by atoms with Crippen molar-refractivity contribution >= 4 is 11.8 Å². The highest BCUT2D eigenvalue weighted by Crippen LogP contribution is 2.29. The molecule has 4 nitrogen and oxygen atoms in total. The van der Waals surface area contributed by atoms with Gasteiger partial charge in [-0.25, -0.2) is 0 Å². The van der Waals surface area contributed by atoms with Crippen LogP contribution in [0.4, 0.5) is 0 Å². The van der Waals surface area contributed by atoms with Crippen LogP contribution in [0.2, 0.25) is 0 Å². The minimum Gasteiger partial charge on any atom is -0.396 e. The molecule has 0 radical (unpaired) electrons. The lowest BCUT2D eigenvalue weighted by Crippen LogP contribution is -2.10. The topological polar surface area (TPSA) is 59.2 Å². The van der Waals surface area contributed by atoms with Gasteiger partial charge in [-0.05, 0) is 18.6 Å². The van der Waals surface area contributed by atoms with Gasteiger partial charge in [-0.2, -0.15) is 16.7 Å². The van der Waals surface area contributed by atoms with Crippen LogP contribution in [0, 0.1) is 0 Å². The molecule has 1 aliphatic rings. The van der Waals surface area contributed by atoms with Crippen molar-refractivity contribution in [2.75, 3.05) is 18.1 Å². The van der Waals surface area contributed by atoms with Gasteiger partial charge in [0.2, 0.25) is 5.89 Å². The standard InChI is InChI=1S/C9H14N2O2S/c12-4-3-8-10-9(11-13-8)7-2-1-5-14-6-7/h7,12H,1-6H2. The molecule has 1 N–H and O–H groups in total. The van der Waals surface area contributed by atoms with E-state index >= 15 is 0 Å². The first-order valence-electron chi connectivity index (χ1n) is 4.91. The Hall–Kier alpha value is -0.550. The van der Waals surface area contributed by atoms with Crippen LogP contribution in [0.1, 0.15) is 30.5 Å².